The highest BCUT2D eigenvalue weighted by atomic mass is 16.5. The molecular formula is C26H24N2O2. The van der Waals surface area contributed by atoms with E-state index in [1.165, 1.54) is 16.7 Å². The first-order valence-electron chi connectivity index (χ1n) is 9.95. The number of nitrogens with zero attached hydrogens (tertiary/aromatic N) is 2. The summed E-state index contributed by atoms with van der Waals surface area (Å²) in [7, 11) is 0. The highest BCUT2D eigenvalue weighted by molar-refractivity contribution is 5.82. The molecule has 0 aliphatic carbocycles. The molecule has 3 aromatic rings. The minimum atomic E-state index is 0.291. The first-order chi connectivity index (χ1) is 14.5. The van der Waals surface area contributed by atoms with Gasteiger partial charge in [-0.25, -0.2) is 0 Å². The first-order valence-corrected chi connectivity index (χ1v) is 9.95. The zero-order chi connectivity index (χ0) is 21.7. The lowest BCUT2D eigenvalue weighted by Gasteiger charge is -2.24. The molecule has 4 nitrogen and oxygen atoms in total. The van der Waals surface area contributed by atoms with Crippen molar-refractivity contribution in [2.45, 2.75) is 39.5 Å². The lowest BCUT2D eigenvalue weighted by atomic mass is 9.80. The molecule has 150 valence electrons. The molecule has 4 heteroatoms. The molecule has 0 saturated carbocycles. The monoisotopic (exact) mass is 396 g/mol. The second-order valence-electron chi connectivity index (χ2n) is 7.74. The van der Waals surface area contributed by atoms with E-state index in [1.807, 2.05) is 48.5 Å². The van der Waals surface area contributed by atoms with Crippen molar-refractivity contribution in [1.82, 2.24) is 0 Å². The maximum absolute atomic E-state index is 8.76. The van der Waals surface area contributed by atoms with Gasteiger partial charge in [-0.3, -0.25) is 0 Å². The summed E-state index contributed by atoms with van der Waals surface area (Å²) in [6, 6.07) is 19.6. The van der Waals surface area contributed by atoms with Gasteiger partial charge in [0.05, 0.1) is 0 Å². The van der Waals surface area contributed by atoms with Gasteiger partial charge in [-0.2, -0.15) is 0 Å². The van der Waals surface area contributed by atoms with Gasteiger partial charge >= 0.3 is 0 Å². The predicted molar refractivity (Wildman–Crippen MR) is 118 cm³/mol. The van der Waals surface area contributed by atoms with Crippen LogP contribution in [0.2, 0.25) is 0 Å². The largest absolute Gasteiger partial charge is 0.388 e. The molecule has 0 heterocycles. The van der Waals surface area contributed by atoms with Crippen LogP contribution in [-0.2, 0) is 0 Å². The van der Waals surface area contributed by atoms with E-state index in [9.17, 15) is 0 Å². The van der Waals surface area contributed by atoms with Crippen molar-refractivity contribution in [1.29, 1.82) is 10.5 Å². The molecule has 0 radical (unpaired) electrons. The third-order valence-electron chi connectivity index (χ3n) is 5.11. The van der Waals surface area contributed by atoms with Gasteiger partial charge in [0.1, 0.15) is 11.5 Å². The summed E-state index contributed by atoms with van der Waals surface area (Å²) in [6.07, 6.45) is 3.42. The van der Waals surface area contributed by atoms with E-state index in [-0.39, 0.29) is 0 Å². The third-order valence-corrected chi connectivity index (χ3v) is 5.11. The van der Waals surface area contributed by atoms with Crippen LogP contribution in [0.4, 0.5) is 0 Å². The summed E-state index contributed by atoms with van der Waals surface area (Å²) in [4.78, 5) is 0. The van der Waals surface area contributed by atoms with Gasteiger partial charge in [-0.05, 0) is 69.5 Å². The van der Waals surface area contributed by atoms with Gasteiger partial charge in [0.15, 0.2) is 0 Å². The number of hydrogen-bond acceptors (Lipinski definition) is 4. The van der Waals surface area contributed by atoms with Crippen LogP contribution in [0, 0.1) is 23.0 Å². The number of hydrogen-bond donors (Lipinski definition) is 0. The molecule has 0 aliphatic heterocycles. The molecule has 0 saturated heterocycles. The average molecular weight is 396 g/mol. The van der Waals surface area contributed by atoms with E-state index in [4.69, 9.17) is 20.0 Å². The Balaban J connectivity index is 2.22. The summed E-state index contributed by atoms with van der Waals surface area (Å²) in [5.41, 5.74) is 7.09. The molecule has 0 bridgehead atoms. The van der Waals surface area contributed by atoms with Crippen molar-refractivity contribution in [3.05, 3.63) is 71.8 Å². The van der Waals surface area contributed by atoms with Gasteiger partial charge in [0, 0.05) is 0 Å². The maximum Gasteiger partial charge on any atom is 0.292 e. The standard InChI is InChI=1S/C26H24N2O2/c1-17(2)23-13-14-24(19-5-9-21(10-6-19)29-15-27)25(18(3)4)26(23)20-7-11-22(12-8-20)30-16-28/h5-14,17-18H,1-4H3. The number of nitriles is 2. The summed E-state index contributed by atoms with van der Waals surface area (Å²) >= 11 is 0. The van der Waals surface area contributed by atoms with Crippen LogP contribution in [0.1, 0.15) is 50.7 Å². The van der Waals surface area contributed by atoms with E-state index in [0.29, 0.717) is 23.3 Å². The SMILES string of the molecule is CC(C)c1ccc(-c2ccc(OC#N)cc2)c(C(C)C)c1-c1ccc(OC#N)cc1. The maximum atomic E-state index is 8.76. The van der Waals surface area contributed by atoms with Gasteiger partial charge in [0.2, 0.25) is 0 Å². The van der Waals surface area contributed by atoms with Gasteiger partial charge in [-0.1, -0.05) is 64.1 Å². The van der Waals surface area contributed by atoms with Crippen LogP contribution in [0.3, 0.4) is 0 Å². The van der Waals surface area contributed by atoms with Crippen molar-refractivity contribution in [3.8, 4) is 46.3 Å². The smallest absolute Gasteiger partial charge is 0.292 e. The molecule has 30 heavy (non-hydrogen) atoms. The van der Waals surface area contributed by atoms with E-state index in [2.05, 4.69) is 39.8 Å². The fraction of sp³-hybridized carbons (Fsp3) is 0.231. The molecule has 0 unspecified atom stereocenters. The molecule has 0 fully saturated rings. The van der Waals surface area contributed by atoms with E-state index >= 15 is 0 Å². The zero-order valence-corrected chi connectivity index (χ0v) is 17.6. The van der Waals surface area contributed by atoms with E-state index in [1.54, 1.807) is 12.5 Å². The number of benzene rings is 3. The van der Waals surface area contributed by atoms with Crippen molar-refractivity contribution >= 4 is 0 Å². The van der Waals surface area contributed by atoms with Gasteiger partial charge in [-0.15, -0.1) is 10.5 Å². The minimum absolute atomic E-state index is 0.291. The fourth-order valence-corrected chi connectivity index (χ4v) is 3.79. The second kappa shape index (κ2) is 9.16. The van der Waals surface area contributed by atoms with Crippen molar-refractivity contribution in [2.75, 3.05) is 0 Å². The lowest BCUT2D eigenvalue weighted by molar-refractivity contribution is 0.507. The molecule has 0 aromatic heterocycles. The fourth-order valence-electron chi connectivity index (χ4n) is 3.79. The highest BCUT2D eigenvalue weighted by Gasteiger charge is 2.20. The average Bonchev–Trinajstić information content (AvgIpc) is 2.74. The quantitative estimate of drug-likeness (QED) is 0.421. The summed E-state index contributed by atoms with van der Waals surface area (Å²) in [5.74, 6) is 1.70. The molecule has 0 N–H and O–H groups in total. The molecule has 0 aliphatic rings. The van der Waals surface area contributed by atoms with Crippen LogP contribution < -0.4 is 9.47 Å². The Morgan fingerprint density at radius 2 is 1.13 bits per heavy atom. The van der Waals surface area contributed by atoms with Crippen molar-refractivity contribution in [2.24, 2.45) is 0 Å². The Morgan fingerprint density at radius 3 is 1.57 bits per heavy atom. The van der Waals surface area contributed by atoms with E-state index in [0.717, 1.165) is 16.7 Å². The third kappa shape index (κ3) is 4.29. The van der Waals surface area contributed by atoms with Gasteiger partial charge < -0.3 is 9.47 Å². The Hall–Kier alpha value is -3.76. The second-order valence-corrected chi connectivity index (χ2v) is 7.74. The Labute approximate surface area is 177 Å². The van der Waals surface area contributed by atoms with Crippen LogP contribution in [0.5, 0.6) is 11.5 Å². The van der Waals surface area contributed by atoms with Gasteiger partial charge in [0.25, 0.3) is 12.5 Å². The topological polar surface area (TPSA) is 66.0 Å². The van der Waals surface area contributed by atoms with Crippen LogP contribution in [0.15, 0.2) is 60.7 Å². The minimum Gasteiger partial charge on any atom is -0.388 e. The molecular weight excluding hydrogens is 372 g/mol. The summed E-state index contributed by atoms with van der Waals surface area (Å²) < 4.78 is 9.87. The summed E-state index contributed by atoms with van der Waals surface area (Å²) in [6.45, 7) is 8.80. The van der Waals surface area contributed by atoms with E-state index < -0.39 is 0 Å². The highest BCUT2D eigenvalue weighted by Crippen LogP contribution is 2.42. The molecule has 3 aromatic carbocycles. The lowest BCUT2D eigenvalue weighted by Crippen LogP contribution is -2.03. The Bertz CT molecular complexity index is 1100. The van der Waals surface area contributed by atoms with Crippen molar-refractivity contribution < 1.29 is 9.47 Å². The van der Waals surface area contributed by atoms with Crippen LogP contribution >= 0.6 is 0 Å². The normalized spacial score (nSPS) is 10.5. The predicted octanol–water partition coefficient (Wildman–Crippen LogP) is 6.99. The molecule has 0 amide bonds. The zero-order valence-electron chi connectivity index (χ0n) is 17.6. The number of rotatable bonds is 6. The van der Waals surface area contributed by atoms with Crippen LogP contribution in [-0.4, -0.2) is 0 Å². The Kier molecular flexibility index (Phi) is 6.40. The summed E-state index contributed by atoms with van der Waals surface area (Å²) in [5, 5.41) is 17.5. The molecule has 0 spiro atoms. The van der Waals surface area contributed by atoms with Crippen LogP contribution in [0.25, 0.3) is 22.3 Å². The first kappa shape index (κ1) is 21.0. The molecule has 0 atom stereocenters. The number of ether oxygens (including phenoxy) is 2. The van der Waals surface area contributed by atoms with Crippen molar-refractivity contribution in [3.63, 3.8) is 0 Å². The molecule has 3 rings (SSSR count). The Morgan fingerprint density at radius 1 is 0.633 bits per heavy atom.